The molecule has 1 aliphatic rings. The molecule has 2 N–H and O–H groups in total. The van der Waals surface area contributed by atoms with Crippen molar-refractivity contribution in [1.82, 2.24) is 9.62 Å². The monoisotopic (exact) mass is 330 g/mol. The first kappa shape index (κ1) is 16.5. The molecule has 1 fully saturated rings. The van der Waals surface area contributed by atoms with Crippen LogP contribution in [0.5, 0.6) is 0 Å². The molecule has 9 heteroatoms. The molecule has 122 valence electrons. The van der Waals surface area contributed by atoms with Crippen LogP contribution in [0.3, 0.4) is 0 Å². The zero-order chi connectivity index (χ0) is 16.3. The van der Waals surface area contributed by atoms with Gasteiger partial charge in [0.25, 0.3) is 10.0 Å². The van der Waals surface area contributed by atoms with Crippen LogP contribution in [-0.4, -0.2) is 48.8 Å². The average molecular weight is 330 g/mol. The van der Waals surface area contributed by atoms with E-state index in [1.165, 1.54) is 0 Å². The van der Waals surface area contributed by atoms with Crippen molar-refractivity contribution in [2.45, 2.75) is 37.3 Å². The summed E-state index contributed by atoms with van der Waals surface area (Å²) in [7, 11) is -4.03. The Labute approximate surface area is 128 Å². The molecule has 1 amide bonds. The number of nitrogens with one attached hydrogen (secondary N) is 1. The molecular weight excluding hydrogens is 312 g/mol. The van der Waals surface area contributed by atoms with Gasteiger partial charge in [0.1, 0.15) is 6.04 Å². The number of amides is 1. The zero-order valence-corrected chi connectivity index (χ0v) is 12.9. The Kier molecular flexibility index (Phi) is 4.87. The van der Waals surface area contributed by atoms with Gasteiger partial charge >= 0.3 is 5.97 Å². The Hall–Kier alpha value is -1.87. The Morgan fingerprint density at radius 1 is 1.45 bits per heavy atom. The highest BCUT2D eigenvalue weighted by molar-refractivity contribution is 7.89. The van der Waals surface area contributed by atoms with E-state index < -0.39 is 32.9 Å². The minimum absolute atomic E-state index is 0.204. The lowest BCUT2D eigenvalue weighted by atomic mass is 10.2. The summed E-state index contributed by atoms with van der Waals surface area (Å²) in [5, 5.41) is 11.0. The third kappa shape index (κ3) is 3.14. The van der Waals surface area contributed by atoms with Crippen molar-refractivity contribution in [3.8, 4) is 0 Å². The van der Waals surface area contributed by atoms with Gasteiger partial charge < -0.3 is 14.8 Å². The third-order valence-corrected chi connectivity index (χ3v) is 5.19. The fourth-order valence-electron chi connectivity index (χ4n) is 2.35. The normalized spacial score (nSPS) is 19.2. The lowest BCUT2D eigenvalue weighted by Gasteiger charge is -2.22. The van der Waals surface area contributed by atoms with Gasteiger partial charge in [0.2, 0.25) is 16.8 Å². The van der Waals surface area contributed by atoms with Gasteiger partial charge in [-0.1, -0.05) is 6.92 Å². The first-order chi connectivity index (χ1) is 10.4. The van der Waals surface area contributed by atoms with Crippen LogP contribution < -0.4 is 5.32 Å². The molecule has 0 aromatic carbocycles. The molecule has 2 heterocycles. The van der Waals surface area contributed by atoms with Gasteiger partial charge in [-0.3, -0.25) is 4.79 Å². The highest BCUT2D eigenvalue weighted by Crippen LogP contribution is 2.27. The molecule has 0 aliphatic carbocycles. The lowest BCUT2D eigenvalue weighted by molar-refractivity contribution is -0.124. The minimum Gasteiger partial charge on any atom is -0.475 e. The summed E-state index contributed by atoms with van der Waals surface area (Å²) in [6.45, 7) is 2.59. The van der Waals surface area contributed by atoms with Gasteiger partial charge in [0, 0.05) is 13.1 Å². The van der Waals surface area contributed by atoms with Crippen LogP contribution in [0.1, 0.15) is 36.7 Å². The fourth-order valence-corrected chi connectivity index (χ4v) is 3.92. The first-order valence-corrected chi connectivity index (χ1v) is 8.44. The van der Waals surface area contributed by atoms with E-state index in [9.17, 15) is 18.0 Å². The van der Waals surface area contributed by atoms with E-state index in [0.717, 1.165) is 22.9 Å². The van der Waals surface area contributed by atoms with Crippen LogP contribution in [0.4, 0.5) is 0 Å². The number of carboxylic acid groups (broad SMARTS) is 1. The number of furan rings is 1. The molecule has 0 saturated carbocycles. The highest BCUT2D eigenvalue weighted by Gasteiger charge is 2.40. The van der Waals surface area contributed by atoms with Crippen LogP contribution >= 0.6 is 0 Å². The predicted octanol–water partition coefficient (Wildman–Crippen LogP) is 0.657. The number of carboxylic acids is 1. The van der Waals surface area contributed by atoms with E-state index in [-0.39, 0.29) is 12.5 Å². The van der Waals surface area contributed by atoms with E-state index in [0.29, 0.717) is 19.4 Å². The van der Waals surface area contributed by atoms with E-state index in [4.69, 9.17) is 9.52 Å². The quantitative estimate of drug-likeness (QED) is 0.791. The predicted molar refractivity (Wildman–Crippen MR) is 75.9 cm³/mol. The molecule has 0 bridgehead atoms. The van der Waals surface area contributed by atoms with Crippen molar-refractivity contribution in [3.63, 3.8) is 0 Å². The third-order valence-electron chi connectivity index (χ3n) is 3.41. The molecule has 1 unspecified atom stereocenters. The van der Waals surface area contributed by atoms with Gasteiger partial charge in [0.05, 0.1) is 0 Å². The summed E-state index contributed by atoms with van der Waals surface area (Å²) < 4.78 is 31.0. The van der Waals surface area contributed by atoms with Gasteiger partial charge in [-0.25, -0.2) is 13.2 Å². The summed E-state index contributed by atoms with van der Waals surface area (Å²) in [6, 6.07) is 1.39. The molecule has 1 aliphatic heterocycles. The van der Waals surface area contributed by atoms with Gasteiger partial charge in [-0.2, -0.15) is 4.31 Å². The molecule has 1 saturated heterocycles. The summed E-state index contributed by atoms with van der Waals surface area (Å²) in [4.78, 5) is 22.9. The van der Waals surface area contributed by atoms with Crippen molar-refractivity contribution < 1.29 is 27.5 Å². The molecule has 8 nitrogen and oxygen atoms in total. The second-order valence-electron chi connectivity index (χ2n) is 4.99. The Morgan fingerprint density at radius 3 is 2.77 bits per heavy atom. The molecule has 0 radical (unpaired) electrons. The smallest absolute Gasteiger partial charge is 0.371 e. The van der Waals surface area contributed by atoms with Crippen molar-refractivity contribution in [2.24, 2.45) is 0 Å². The van der Waals surface area contributed by atoms with Crippen LogP contribution in [0, 0.1) is 0 Å². The average Bonchev–Trinajstić information content (AvgIpc) is 3.13. The Bertz CT molecular complexity index is 666. The fraction of sp³-hybridized carbons (Fsp3) is 0.538. The summed E-state index contributed by atoms with van der Waals surface area (Å²) in [5.74, 6) is -2.14. The number of aromatic carboxylic acids is 1. The lowest BCUT2D eigenvalue weighted by Crippen LogP contribution is -2.45. The Balaban J connectivity index is 2.23. The van der Waals surface area contributed by atoms with Crippen LogP contribution in [-0.2, 0) is 14.8 Å². The molecular formula is C13H18N2O6S. The second-order valence-corrected chi connectivity index (χ2v) is 6.81. The number of hydrogen-bond donors (Lipinski definition) is 2. The van der Waals surface area contributed by atoms with E-state index in [1.807, 2.05) is 6.92 Å². The topological polar surface area (TPSA) is 117 Å². The summed E-state index contributed by atoms with van der Waals surface area (Å²) in [5.41, 5.74) is 0. The first-order valence-electron chi connectivity index (χ1n) is 7.00. The van der Waals surface area contributed by atoms with Gasteiger partial charge in [-0.05, 0) is 31.4 Å². The number of carbonyl (C=O) groups excluding carboxylic acids is 1. The maximum Gasteiger partial charge on any atom is 0.371 e. The van der Waals surface area contributed by atoms with Gasteiger partial charge in [0.15, 0.2) is 0 Å². The van der Waals surface area contributed by atoms with Crippen LogP contribution in [0.2, 0.25) is 0 Å². The molecule has 2 rings (SSSR count). The van der Waals surface area contributed by atoms with Crippen molar-refractivity contribution in [2.75, 3.05) is 13.1 Å². The van der Waals surface area contributed by atoms with Crippen LogP contribution in [0.15, 0.2) is 21.6 Å². The van der Waals surface area contributed by atoms with Crippen LogP contribution in [0.25, 0.3) is 0 Å². The number of nitrogens with zero attached hydrogens (tertiary/aromatic N) is 1. The SMILES string of the molecule is CCCNC(=O)C1CCCN1S(=O)(=O)c1ccc(C(=O)O)o1. The number of rotatable bonds is 6. The Morgan fingerprint density at radius 2 is 2.18 bits per heavy atom. The summed E-state index contributed by atoms with van der Waals surface area (Å²) >= 11 is 0. The van der Waals surface area contributed by atoms with Crippen molar-refractivity contribution >= 4 is 21.9 Å². The molecule has 22 heavy (non-hydrogen) atoms. The number of hydrogen-bond acceptors (Lipinski definition) is 5. The van der Waals surface area contributed by atoms with E-state index in [2.05, 4.69) is 5.32 Å². The molecule has 1 aromatic rings. The summed E-state index contributed by atoms with van der Waals surface area (Å²) in [6.07, 6.45) is 1.75. The zero-order valence-electron chi connectivity index (χ0n) is 12.1. The van der Waals surface area contributed by atoms with E-state index in [1.54, 1.807) is 0 Å². The minimum atomic E-state index is -4.03. The second kappa shape index (κ2) is 6.49. The largest absolute Gasteiger partial charge is 0.475 e. The standard InChI is InChI=1S/C13H18N2O6S/c1-2-7-14-12(16)9-4-3-8-15(9)22(19,20)11-6-5-10(21-11)13(17)18/h5-6,9H,2-4,7-8H2,1H3,(H,14,16)(H,17,18). The van der Waals surface area contributed by atoms with Crippen molar-refractivity contribution in [1.29, 1.82) is 0 Å². The number of sulfonamides is 1. The highest BCUT2D eigenvalue weighted by atomic mass is 32.2. The van der Waals surface area contributed by atoms with Gasteiger partial charge in [-0.15, -0.1) is 0 Å². The maximum absolute atomic E-state index is 12.5. The van der Waals surface area contributed by atoms with E-state index >= 15 is 0 Å². The number of carbonyl (C=O) groups is 2. The maximum atomic E-state index is 12.5. The molecule has 0 spiro atoms. The molecule has 1 aromatic heterocycles. The van der Waals surface area contributed by atoms with Crippen molar-refractivity contribution in [3.05, 3.63) is 17.9 Å². The molecule has 1 atom stereocenters.